The zero-order chi connectivity index (χ0) is 19.8. The highest BCUT2D eigenvalue weighted by atomic mass is 35.5. The largest absolute Gasteiger partial charge is 0.357 e. The maximum atomic E-state index is 13.5. The fraction of sp³-hybridized carbons (Fsp3) is 0.250. The highest BCUT2D eigenvalue weighted by molar-refractivity contribution is 7.90. The van der Waals surface area contributed by atoms with E-state index in [0.29, 0.717) is 17.0 Å². The smallest absolute Gasteiger partial charge is 0.194 e. The van der Waals surface area contributed by atoms with Gasteiger partial charge in [-0.3, -0.25) is 0 Å². The van der Waals surface area contributed by atoms with E-state index in [-0.39, 0.29) is 27.6 Å². The van der Waals surface area contributed by atoms with E-state index in [9.17, 15) is 12.8 Å². The molecule has 2 aromatic heterocycles. The highest BCUT2D eigenvalue weighted by Gasteiger charge is 2.25. The van der Waals surface area contributed by atoms with Crippen LogP contribution in [0.2, 0.25) is 10.2 Å². The second-order valence-corrected chi connectivity index (χ2v) is 8.53. The minimum Gasteiger partial charge on any atom is -0.357 e. The molecule has 1 aromatic carbocycles. The van der Waals surface area contributed by atoms with Crippen molar-refractivity contribution in [3.05, 3.63) is 63.1 Å². The maximum absolute atomic E-state index is 13.5. The first kappa shape index (κ1) is 19.8. The second-order valence-electron chi connectivity index (χ2n) is 5.80. The number of hydrogen-bond acceptors (Lipinski definition) is 6. The van der Waals surface area contributed by atoms with Crippen LogP contribution in [0.3, 0.4) is 0 Å². The summed E-state index contributed by atoms with van der Waals surface area (Å²) in [4.78, 5) is 7.05. The molecule has 1 atom stereocenters. The molecule has 27 heavy (non-hydrogen) atoms. The molecule has 0 radical (unpaired) electrons. The number of ether oxygens (including phenoxy) is 1. The third-order valence-corrected chi connectivity index (χ3v) is 5.19. The number of aromatic nitrogens is 3. The van der Waals surface area contributed by atoms with Gasteiger partial charge in [-0.25, -0.2) is 17.8 Å². The predicted molar refractivity (Wildman–Crippen MR) is 96.0 cm³/mol. The Kier molecular flexibility index (Phi) is 5.57. The van der Waals surface area contributed by atoms with Crippen LogP contribution in [0, 0.1) is 12.7 Å². The van der Waals surface area contributed by atoms with Crippen molar-refractivity contribution in [2.24, 2.45) is 0 Å². The molecule has 0 saturated carbocycles. The Morgan fingerprint density at radius 1 is 1.33 bits per heavy atom. The zero-order valence-electron chi connectivity index (χ0n) is 14.2. The Hall–Kier alpha value is -1.94. The quantitative estimate of drug-likeness (QED) is 0.633. The van der Waals surface area contributed by atoms with E-state index >= 15 is 0 Å². The predicted octanol–water partition coefficient (Wildman–Crippen LogP) is 3.86. The molecule has 2 heterocycles. The molecule has 0 aliphatic carbocycles. The summed E-state index contributed by atoms with van der Waals surface area (Å²) in [5, 5.41) is 3.53. The lowest BCUT2D eigenvalue weighted by Crippen LogP contribution is -2.09. The third kappa shape index (κ3) is 4.49. The second kappa shape index (κ2) is 7.59. The monoisotopic (exact) mass is 433 g/mol. The lowest BCUT2D eigenvalue weighted by atomic mass is 10.1. The number of sulfone groups is 1. The van der Waals surface area contributed by atoms with Crippen LogP contribution in [0.15, 0.2) is 33.8 Å². The molecular weight excluding hydrogens is 420 g/mol. The standard InChI is InChI=1S/C16H14Cl2FN3O4S/c1-8-16(27(2,23)24)21-15(20-8)14(9-3-4-12(19)11(17)5-9)25-7-10-6-13(18)22-26-10/h3-6,14H,7H2,1-2H3,(H,20,21). The van der Waals surface area contributed by atoms with Crippen molar-refractivity contribution in [2.75, 3.05) is 6.26 Å². The molecule has 0 fully saturated rings. The summed E-state index contributed by atoms with van der Waals surface area (Å²) in [7, 11) is -3.54. The summed E-state index contributed by atoms with van der Waals surface area (Å²) in [6, 6.07) is 5.52. The Morgan fingerprint density at radius 3 is 2.63 bits per heavy atom. The Morgan fingerprint density at radius 2 is 2.07 bits per heavy atom. The van der Waals surface area contributed by atoms with Crippen molar-refractivity contribution in [1.29, 1.82) is 0 Å². The average Bonchev–Trinajstić information content (AvgIpc) is 3.16. The van der Waals surface area contributed by atoms with Gasteiger partial charge in [-0.2, -0.15) is 0 Å². The molecule has 11 heteroatoms. The SMILES string of the molecule is Cc1[nH]c(C(OCc2cc(Cl)no2)c2ccc(F)c(Cl)c2)nc1S(C)(=O)=O. The van der Waals surface area contributed by atoms with Gasteiger partial charge in [0.25, 0.3) is 0 Å². The molecule has 0 saturated heterocycles. The number of aryl methyl sites for hydroxylation is 1. The van der Waals surface area contributed by atoms with Gasteiger partial charge in [0.05, 0.1) is 10.7 Å². The van der Waals surface area contributed by atoms with Gasteiger partial charge in [-0.05, 0) is 24.6 Å². The van der Waals surface area contributed by atoms with Crippen molar-refractivity contribution in [1.82, 2.24) is 15.1 Å². The van der Waals surface area contributed by atoms with Gasteiger partial charge in [0.2, 0.25) is 0 Å². The average molecular weight is 434 g/mol. The zero-order valence-corrected chi connectivity index (χ0v) is 16.5. The molecule has 3 rings (SSSR count). The van der Waals surface area contributed by atoms with E-state index in [1.807, 2.05) is 0 Å². The Balaban J connectivity index is 2.00. The number of aromatic amines is 1. The minimum atomic E-state index is -3.54. The lowest BCUT2D eigenvalue weighted by Gasteiger charge is -2.16. The Labute approximate surface area is 164 Å². The van der Waals surface area contributed by atoms with Crippen molar-refractivity contribution in [3.8, 4) is 0 Å². The molecule has 0 aliphatic rings. The first-order valence-electron chi connectivity index (χ1n) is 7.59. The van der Waals surface area contributed by atoms with Gasteiger partial charge >= 0.3 is 0 Å². The number of nitrogens with zero attached hydrogens (tertiary/aromatic N) is 2. The van der Waals surface area contributed by atoms with Gasteiger partial charge < -0.3 is 14.2 Å². The summed E-state index contributed by atoms with van der Waals surface area (Å²) in [5.74, 6) is -0.0142. The fourth-order valence-corrected chi connectivity index (χ4v) is 3.70. The summed E-state index contributed by atoms with van der Waals surface area (Å²) in [6.45, 7) is 1.55. The van der Waals surface area contributed by atoms with Crippen molar-refractivity contribution >= 4 is 33.0 Å². The van der Waals surface area contributed by atoms with E-state index in [1.54, 1.807) is 6.92 Å². The van der Waals surface area contributed by atoms with Crippen molar-refractivity contribution in [3.63, 3.8) is 0 Å². The topological polar surface area (TPSA) is 98.1 Å². The molecule has 3 aromatic rings. The molecule has 1 N–H and O–H groups in total. The summed E-state index contributed by atoms with van der Waals surface area (Å²) >= 11 is 11.6. The van der Waals surface area contributed by atoms with Crippen LogP contribution in [0.25, 0.3) is 0 Å². The van der Waals surface area contributed by atoms with Crippen LogP contribution >= 0.6 is 23.2 Å². The van der Waals surface area contributed by atoms with Crippen LogP contribution in [-0.4, -0.2) is 29.8 Å². The van der Waals surface area contributed by atoms with Gasteiger partial charge in [0.1, 0.15) is 24.4 Å². The first-order chi connectivity index (χ1) is 12.6. The number of benzene rings is 1. The van der Waals surface area contributed by atoms with Crippen molar-refractivity contribution in [2.45, 2.75) is 24.7 Å². The van der Waals surface area contributed by atoms with E-state index in [1.165, 1.54) is 24.3 Å². The van der Waals surface area contributed by atoms with Gasteiger partial charge in [0.15, 0.2) is 25.8 Å². The molecule has 0 amide bonds. The summed E-state index contributed by atoms with van der Waals surface area (Å²) in [5.41, 5.74) is 0.831. The number of H-pyrrole nitrogens is 1. The lowest BCUT2D eigenvalue weighted by molar-refractivity contribution is 0.0472. The van der Waals surface area contributed by atoms with E-state index in [4.69, 9.17) is 32.5 Å². The van der Waals surface area contributed by atoms with Gasteiger partial charge in [-0.1, -0.05) is 34.4 Å². The van der Waals surface area contributed by atoms with Crippen LogP contribution in [0.5, 0.6) is 0 Å². The molecule has 144 valence electrons. The maximum Gasteiger partial charge on any atom is 0.194 e. The van der Waals surface area contributed by atoms with Gasteiger partial charge in [0, 0.05) is 12.3 Å². The third-order valence-electron chi connectivity index (χ3n) is 3.63. The highest BCUT2D eigenvalue weighted by Crippen LogP contribution is 2.30. The van der Waals surface area contributed by atoms with E-state index < -0.39 is 21.8 Å². The van der Waals surface area contributed by atoms with Crippen LogP contribution in [-0.2, 0) is 21.2 Å². The van der Waals surface area contributed by atoms with E-state index in [0.717, 1.165) is 6.26 Å². The fourth-order valence-electron chi connectivity index (χ4n) is 2.48. The van der Waals surface area contributed by atoms with Gasteiger partial charge in [-0.15, -0.1) is 0 Å². The first-order valence-corrected chi connectivity index (χ1v) is 10.2. The molecular formula is C16H14Cl2FN3O4S. The number of rotatable bonds is 6. The van der Waals surface area contributed by atoms with E-state index in [2.05, 4.69) is 15.1 Å². The molecule has 1 unspecified atom stereocenters. The van der Waals surface area contributed by atoms with Crippen LogP contribution in [0.4, 0.5) is 4.39 Å². The van der Waals surface area contributed by atoms with Crippen LogP contribution < -0.4 is 0 Å². The summed E-state index contributed by atoms with van der Waals surface area (Å²) < 4.78 is 48.1. The number of nitrogens with one attached hydrogen (secondary N) is 1. The minimum absolute atomic E-state index is 0.0344. The molecule has 0 spiro atoms. The number of halogens is 3. The molecule has 0 bridgehead atoms. The number of imidazole rings is 1. The normalized spacial score (nSPS) is 13.1. The van der Waals surface area contributed by atoms with Crippen molar-refractivity contribution < 1.29 is 22.1 Å². The summed E-state index contributed by atoms with van der Waals surface area (Å²) in [6.07, 6.45) is 0.197. The molecule has 0 aliphatic heterocycles. The Bertz CT molecular complexity index is 1080. The molecule has 7 nitrogen and oxygen atoms in total. The number of hydrogen-bond donors (Lipinski definition) is 1. The van der Waals surface area contributed by atoms with Crippen LogP contribution in [0.1, 0.15) is 28.9 Å².